The Morgan fingerprint density at radius 2 is 2.09 bits per heavy atom. The number of nitrogens with zero attached hydrogens (tertiary/aromatic N) is 4. The number of nitrogens with one attached hydrogen (secondary N) is 2. The molecule has 0 spiro atoms. The van der Waals surface area contributed by atoms with Gasteiger partial charge in [-0.25, -0.2) is 9.98 Å². The monoisotopic (exact) mass is 334 g/mol. The van der Waals surface area contributed by atoms with E-state index >= 15 is 0 Å². The molecule has 2 heterocycles. The Kier molecular flexibility index (Phi) is 6.15. The number of guanidine groups is 1. The molecule has 6 nitrogen and oxygen atoms in total. The Balaban J connectivity index is 1.91. The normalized spacial score (nSPS) is 11.8. The van der Waals surface area contributed by atoms with Crippen molar-refractivity contribution in [1.29, 1.82) is 0 Å². The summed E-state index contributed by atoms with van der Waals surface area (Å²) in [4.78, 5) is 10.2. The van der Waals surface area contributed by atoms with Crippen LogP contribution in [0.1, 0.15) is 33.8 Å². The van der Waals surface area contributed by atoms with Crippen LogP contribution in [-0.2, 0) is 20.0 Å². The lowest BCUT2D eigenvalue weighted by atomic mass is 10.1. The zero-order valence-electron chi connectivity index (χ0n) is 14.6. The number of aryl methyl sites for hydroxylation is 3. The molecule has 0 saturated heterocycles. The molecule has 0 amide bonds. The zero-order chi connectivity index (χ0) is 16.8. The summed E-state index contributed by atoms with van der Waals surface area (Å²) >= 11 is 1.69. The van der Waals surface area contributed by atoms with Crippen molar-refractivity contribution in [3.8, 4) is 0 Å². The lowest BCUT2D eigenvalue weighted by molar-refractivity contribution is 0.729. The van der Waals surface area contributed by atoms with E-state index in [-0.39, 0.29) is 0 Å². The summed E-state index contributed by atoms with van der Waals surface area (Å²) in [5.74, 6) is 0.833. The summed E-state index contributed by atoms with van der Waals surface area (Å²) in [6, 6.07) is 0. The van der Waals surface area contributed by atoms with Crippen molar-refractivity contribution >= 4 is 17.3 Å². The fourth-order valence-corrected chi connectivity index (χ4v) is 3.16. The van der Waals surface area contributed by atoms with E-state index in [4.69, 9.17) is 0 Å². The Hall–Kier alpha value is -1.89. The average Bonchev–Trinajstić information content (AvgIpc) is 3.02. The maximum Gasteiger partial charge on any atom is 0.191 e. The third-order valence-electron chi connectivity index (χ3n) is 3.71. The van der Waals surface area contributed by atoms with Gasteiger partial charge >= 0.3 is 0 Å². The molecule has 126 valence electrons. The van der Waals surface area contributed by atoms with Crippen LogP contribution in [0.2, 0.25) is 0 Å². The predicted molar refractivity (Wildman–Crippen MR) is 96.1 cm³/mol. The average molecular weight is 334 g/mol. The molecular formula is C16H26N6S. The van der Waals surface area contributed by atoms with E-state index in [0.29, 0.717) is 6.54 Å². The second kappa shape index (κ2) is 8.10. The highest BCUT2D eigenvalue weighted by Crippen LogP contribution is 2.12. The Labute approximate surface area is 142 Å². The molecule has 7 heteroatoms. The third-order valence-corrected chi connectivity index (χ3v) is 4.61. The Morgan fingerprint density at radius 1 is 1.30 bits per heavy atom. The van der Waals surface area contributed by atoms with Gasteiger partial charge in [0.15, 0.2) is 5.96 Å². The number of hydrogen-bond acceptors (Lipinski definition) is 4. The van der Waals surface area contributed by atoms with Crippen molar-refractivity contribution in [2.75, 3.05) is 13.1 Å². The van der Waals surface area contributed by atoms with Crippen LogP contribution in [0.25, 0.3) is 0 Å². The van der Waals surface area contributed by atoms with Gasteiger partial charge in [0.2, 0.25) is 0 Å². The second-order valence-corrected chi connectivity index (χ2v) is 6.83. The minimum atomic E-state index is 0.610. The molecule has 0 atom stereocenters. The van der Waals surface area contributed by atoms with Gasteiger partial charge in [-0.05, 0) is 39.7 Å². The lowest BCUT2D eigenvalue weighted by Gasteiger charge is -2.11. The van der Waals surface area contributed by atoms with Crippen molar-refractivity contribution < 1.29 is 0 Å². The molecule has 23 heavy (non-hydrogen) atoms. The Morgan fingerprint density at radius 3 is 2.65 bits per heavy atom. The summed E-state index contributed by atoms with van der Waals surface area (Å²) < 4.78 is 1.94. The molecule has 2 rings (SSSR count). The van der Waals surface area contributed by atoms with Gasteiger partial charge < -0.3 is 10.6 Å². The third kappa shape index (κ3) is 4.79. The maximum absolute atomic E-state index is 4.60. The van der Waals surface area contributed by atoms with Gasteiger partial charge in [-0.3, -0.25) is 4.68 Å². The van der Waals surface area contributed by atoms with Crippen LogP contribution in [0, 0.1) is 20.8 Å². The van der Waals surface area contributed by atoms with Gasteiger partial charge in [-0.2, -0.15) is 5.10 Å². The van der Waals surface area contributed by atoms with Crippen LogP contribution in [0.15, 0.2) is 11.2 Å². The van der Waals surface area contributed by atoms with E-state index in [1.807, 2.05) is 17.9 Å². The smallest absolute Gasteiger partial charge is 0.191 e. The number of aliphatic imine (C=N–C) groups is 1. The first-order valence-electron chi connectivity index (χ1n) is 7.93. The van der Waals surface area contributed by atoms with Crippen molar-refractivity contribution in [1.82, 2.24) is 25.4 Å². The van der Waals surface area contributed by atoms with Crippen LogP contribution in [0.3, 0.4) is 0 Å². The minimum Gasteiger partial charge on any atom is -0.357 e. The molecule has 0 unspecified atom stereocenters. The van der Waals surface area contributed by atoms with Gasteiger partial charge in [0.1, 0.15) is 5.01 Å². The van der Waals surface area contributed by atoms with E-state index in [1.54, 1.807) is 11.3 Å². The zero-order valence-corrected chi connectivity index (χ0v) is 15.4. The molecule has 0 aromatic carbocycles. The molecule has 0 bridgehead atoms. The van der Waals surface area contributed by atoms with Crippen LogP contribution < -0.4 is 10.6 Å². The summed E-state index contributed by atoms with van der Waals surface area (Å²) in [6.07, 6.45) is 2.83. The van der Waals surface area contributed by atoms with Gasteiger partial charge in [-0.1, -0.05) is 0 Å². The van der Waals surface area contributed by atoms with E-state index in [2.05, 4.69) is 53.4 Å². The summed E-state index contributed by atoms with van der Waals surface area (Å²) in [5.41, 5.74) is 3.64. The maximum atomic E-state index is 4.60. The molecule has 0 fully saturated rings. The number of rotatable bonds is 6. The van der Waals surface area contributed by atoms with E-state index in [0.717, 1.165) is 36.2 Å². The van der Waals surface area contributed by atoms with Crippen molar-refractivity contribution in [2.45, 2.75) is 40.7 Å². The fourth-order valence-electron chi connectivity index (χ4n) is 2.45. The van der Waals surface area contributed by atoms with E-state index in [1.165, 1.54) is 16.1 Å². The standard InChI is InChI=1S/C16H26N6S/c1-6-17-16(20-10-15-19-9-11(2)23-15)18-8-7-14-12(3)21-22(5)13(14)4/h9H,6-8,10H2,1-5H3,(H2,17,18,20). The first-order valence-corrected chi connectivity index (χ1v) is 8.75. The van der Waals surface area contributed by atoms with Gasteiger partial charge in [0, 0.05) is 36.9 Å². The van der Waals surface area contributed by atoms with Crippen LogP contribution in [0.5, 0.6) is 0 Å². The molecule has 0 saturated carbocycles. The van der Waals surface area contributed by atoms with E-state index < -0.39 is 0 Å². The van der Waals surface area contributed by atoms with Crippen molar-refractivity contribution in [3.05, 3.63) is 33.0 Å². The van der Waals surface area contributed by atoms with Gasteiger partial charge in [0.25, 0.3) is 0 Å². The molecule has 2 aromatic heterocycles. The molecule has 2 aromatic rings. The second-order valence-electron chi connectivity index (χ2n) is 5.51. The molecule has 0 radical (unpaired) electrons. The fraction of sp³-hybridized carbons (Fsp3) is 0.562. The first kappa shape index (κ1) is 17.5. The van der Waals surface area contributed by atoms with Crippen molar-refractivity contribution in [3.63, 3.8) is 0 Å². The SMILES string of the molecule is CCNC(=NCc1ncc(C)s1)NCCc1c(C)nn(C)c1C. The van der Waals surface area contributed by atoms with E-state index in [9.17, 15) is 0 Å². The highest BCUT2D eigenvalue weighted by molar-refractivity contribution is 7.11. The van der Waals surface area contributed by atoms with Crippen molar-refractivity contribution in [2.24, 2.45) is 12.0 Å². The number of aromatic nitrogens is 3. The molecule has 0 aliphatic carbocycles. The highest BCUT2D eigenvalue weighted by atomic mass is 32.1. The summed E-state index contributed by atoms with van der Waals surface area (Å²) in [5, 5.41) is 12.2. The molecule has 2 N–H and O–H groups in total. The highest BCUT2D eigenvalue weighted by Gasteiger charge is 2.09. The van der Waals surface area contributed by atoms with Crippen LogP contribution in [-0.4, -0.2) is 33.8 Å². The predicted octanol–water partition coefficient (Wildman–Crippen LogP) is 2.10. The Bertz CT molecular complexity index is 670. The number of hydrogen-bond donors (Lipinski definition) is 2. The first-order chi connectivity index (χ1) is 11.0. The number of thiazole rings is 1. The quantitative estimate of drug-likeness (QED) is 0.627. The van der Waals surface area contributed by atoms with Gasteiger partial charge in [-0.15, -0.1) is 11.3 Å². The summed E-state index contributed by atoms with van der Waals surface area (Å²) in [7, 11) is 1.99. The largest absolute Gasteiger partial charge is 0.357 e. The molecule has 0 aliphatic heterocycles. The summed E-state index contributed by atoms with van der Waals surface area (Å²) in [6.45, 7) is 10.6. The minimum absolute atomic E-state index is 0.610. The van der Waals surface area contributed by atoms with Crippen LogP contribution >= 0.6 is 11.3 Å². The van der Waals surface area contributed by atoms with Gasteiger partial charge in [0.05, 0.1) is 12.2 Å². The topological polar surface area (TPSA) is 67.1 Å². The molecular weight excluding hydrogens is 308 g/mol. The molecule has 0 aliphatic rings. The lowest BCUT2D eigenvalue weighted by Crippen LogP contribution is -2.38. The van der Waals surface area contributed by atoms with Crippen LogP contribution in [0.4, 0.5) is 0 Å².